The predicted molar refractivity (Wildman–Crippen MR) is 167 cm³/mol. The molecule has 0 aliphatic heterocycles. The van der Waals surface area contributed by atoms with Crippen LogP contribution in [0.25, 0.3) is 11.1 Å². The highest BCUT2D eigenvalue weighted by Gasteiger charge is 2.33. The van der Waals surface area contributed by atoms with Crippen LogP contribution in [0.3, 0.4) is 0 Å². The minimum Gasteiger partial charge on any atom is -0.507 e. The number of phenols is 1. The highest BCUT2D eigenvalue weighted by Crippen LogP contribution is 2.49. The highest BCUT2D eigenvalue weighted by molar-refractivity contribution is 5.79. The topological polar surface area (TPSA) is 20.2 Å². The maximum Gasteiger partial charge on any atom is 0.127 e. The molecule has 0 saturated carbocycles. The van der Waals surface area contributed by atoms with Crippen molar-refractivity contribution in [2.75, 3.05) is 0 Å². The molecule has 3 rings (SSSR count). The molecule has 0 saturated heterocycles. The fraction of sp³-hybridized carbons (Fsp3) is 0.568. The Morgan fingerprint density at radius 2 is 1.42 bits per heavy atom. The first-order valence-corrected chi connectivity index (χ1v) is 15.2. The van der Waals surface area contributed by atoms with Crippen molar-refractivity contribution in [3.63, 3.8) is 0 Å². The monoisotopic (exact) mass is 514 g/mol. The minimum absolute atomic E-state index is 0.206. The SMILES string of the molecule is CC1=CC(C(C)C)C(c2cccc(-c3c(CC(C)C)cc(CC(C)C)cc3C(C)C)c2O)C(CC(C)C)=C1. The number of aromatic hydroxyl groups is 1. The normalized spacial score (nSPS) is 18.2. The van der Waals surface area contributed by atoms with Crippen molar-refractivity contribution in [1.29, 1.82) is 0 Å². The molecule has 0 fully saturated rings. The lowest BCUT2D eigenvalue weighted by Crippen LogP contribution is -2.23. The third kappa shape index (κ3) is 7.02. The molecule has 38 heavy (non-hydrogen) atoms. The lowest BCUT2D eigenvalue weighted by molar-refractivity contribution is 0.384. The van der Waals surface area contributed by atoms with Gasteiger partial charge in [-0.3, -0.25) is 0 Å². The Kier molecular flexibility index (Phi) is 10.1. The van der Waals surface area contributed by atoms with Gasteiger partial charge in [-0.15, -0.1) is 0 Å². The average molecular weight is 515 g/mol. The van der Waals surface area contributed by atoms with Gasteiger partial charge >= 0.3 is 0 Å². The number of hydrogen-bond donors (Lipinski definition) is 1. The summed E-state index contributed by atoms with van der Waals surface area (Å²) in [7, 11) is 0. The molecule has 2 aromatic rings. The molecule has 1 nitrogen and oxygen atoms in total. The molecule has 2 unspecified atom stereocenters. The van der Waals surface area contributed by atoms with E-state index in [1.54, 1.807) is 0 Å². The Morgan fingerprint density at radius 3 is 1.97 bits per heavy atom. The molecule has 0 spiro atoms. The fourth-order valence-electron chi connectivity index (χ4n) is 6.50. The van der Waals surface area contributed by atoms with E-state index >= 15 is 0 Å². The molecule has 0 bridgehead atoms. The van der Waals surface area contributed by atoms with Gasteiger partial charge in [0, 0.05) is 17.0 Å². The standard InChI is InChI=1S/C37H54O/c1-22(2)15-28-20-30(17-24(5)6)36(34(21-28)26(9)10)32-14-12-13-31(37(32)38)35-29(16-23(3)4)18-27(11)19-33(35)25(7)8/h12-14,18-26,33,35,38H,15-17H2,1-11H3. The summed E-state index contributed by atoms with van der Waals surface area (Å²) in [6, 6.07) is 11.4. The van der Waals surface area contributed by atoms with Crippen LogP contribution in [0.1, 0.15) is 117 Å². The van der Waals surface area contributed by atoms with Gasteiger partial charge in [-0.05, 0) is 83.9 Å². The second kappa shape index (κ2) is 12.7. The number of benzene rings is 2. The largest absolute Gasteiger partial charge is 0.507 e. The molecule has 1 heteroatoms. The van der Waals surface area contributed by atoms with E-state index in [-0.39, 0.29) is 5.92 Å². The van der Waals surface area contributed by atoms with Crippen molar-refractivity contribution in [1.82, 2.24) is 0 Å². The van der Waals surface area contributed by atoms with E-state index in [0.717, 1.165) is 30.4 Å². The number of hydrogen-bond acceptors (Lipinski definition) is 1. The van der Waals surface area contributed by atoms with Crippen molar-refractivity contribution in [2.24, 2.45) is 29.6 Å². The molecule has 2 atom stereocenters. The van der Waals surface area contributed by atoms with Crippen LogP contribution in [0.2, 0.25) is 0 Å². The lowest BCUT2D eigenvalue weighted by atomic mass is 9.69. The van der Waals surface area contributed by atoms with Crippen LogP contribution in [0.4, 0.5) is 0 Å². The summed E-state index contributed by atoms with van der Waals surface area (Å²) < 4.78 is 0. The summed E-state index contributed by atoms with van der Waals surface area (Å²) in [5.74, 6) is 3.68. The maximum absolute atomic E-state index is 12.1. The number of phenolic OH excluding ortho intramolecular Hbond substituents is 1. The van der Waals surface area contributed by atoms with Gasteiger partial charge in [0.25, 0.3) is 0 Å². The molecule has 1 N–H and O–H groups in total. The third-order valence-electron chi connectivity index (χ3n) is 7.94. The van der Waals surface area contributed by atoms with Crippen molar-refractivity contribution >= 4 is 0 Å². The molecule has 0 aromatic heterocycles. The predicted octanol–water partition coefficient (Wildman–Crippen LogP) is 10.9. The summed E-state index contributed by atoms with van der Waals surface area (Å²) >= 11 is 0. The Morgan fingerprint density at radius 1 is 0.789 bits per heavy atom. The van der Waals surface area contributed by atoms with Gasteiger partial charge in [0.05, 0.1) is 0 Å². The summed E-state index contributed by atoms with van der Waals surface area (Å²) in [6.07, 6.45) is 7.99. The van der Waals surface area contributed by atoms with E-state index in [0.29, 0.717) is 41.3 Å². The first kappa shape index (κ1) is 30.3. The Bertz CT molecular complexity index is 1160. The van der Waals surface area contributed by atoms with Crippen LogP contribution >= 0.6 is 0 Å². The van der Waals surface area contributed by atoms with Gasteiger partial charge in [-0.2, -0.15) is 0 Å². The zero-order valence-electron chi connectivity index (χ0n) is 26.2. The average Bonchev–Trinajstić information content (AvgIpc) is 2.78. The Hall–Kier alpha value is -2.28. The smallest absolute Gasteiger partial charge is 0.127 e. The van der Waals surface area contributed by atoms with Gasteiger partial charge in [0.2, 0.25) is 0 Å². The van der Waals surface area contributed by atoms with E-state index in [1.165, 1.54) is 33.4 Å². The molecule has 0 heterocycles. The summed E-state index contributed by atoms with van der Waals surface area (Å²) in [4.78, 5) is 0. The van der Waals surface area contributed by atoms with E-state index in [4.69, 9.17) is 0 Å². The number of allylic oxidation sites excluding steroid dienone is 4. The summed E-state index contributed by atoms with van der Waals surface area (Å²) in [5, 5.41) is 12.1. The van der Waals surface area contributed by atoms with Crippen LogP contribution < -0.4 is 0 Å². The molecule has 0 radical (unpaired) electrons. The zero-order chi connectivity index (χ0) is 28.3. The minimum atomic E-state index is 0.206. The quantitative estimate of drug-likeness (QED) is 0.334. The lowest BCUT2D eigenvalue weighted by Gasteiger charge is -2.35. The van der Waals surface area contributed by atoms with Crippen LogP contribution in [0.15, 0.2) is 53.6 Å². The van der Waals surface area contributed by atoms with E-state index in [2.05, 4.69) is 119 Å². The second-order valence-electron chi connectivity index (χ2n) is 13.8. The zero-order valence-corrected chi connectivity index (χ0v) is 26.2. The Labute approximate surface area is 234 Å². The van der Waals surface area contributed by atoms with Gasteiger partial charge in [-0.25, -0.2) is 0 Å². The Balaban J connectivity index is 2.28. The highest BCUT2D eigenvalue weighted by atomic mass is 16.3. The third-order valence-corrected chi connectivity index (χ3v) is 7.94. The van der Waals surface area contributed by atoms with Crippen LogP contribution in [-0.4, -0.2) is 5.11 Å². The van der Waals surface area contributed by atoms with Crippen molar-refractivity contribution < 1.29 is 5.11 Å². The van der Waals surface area contributed by atoms with E-state index in [9.17, 15) is 5.11 Å². The number of para-hydroxylation sites is 1. The van der Waals surface area contributed by atoms with Crippen LogP contribution in [0, 0.1) is 29.6 Å². The van der Waals surface area contributed by atoms with E-state index in [1.807, 2.05) is 0 Å². The van der Waals surface area contributed by atoms with Crippen LogP contribution in [-0.2, 0) is 12.8 Å². The van der Waals surface area contributed by atoms with Crippen molar-refractivity contribution in [3.8, 4) is 16.9 Å². The molecular weight excluding hydrogens is 460 g/mol. The second-order valence-corrected chi connectivity index (χ2v) is 13.8. The first-order valence-electron chi connectivity index (χ1n) is 15.2. The van der Waals surface area contributed by atoms with Gasteiger partial charge < -0.3 is 5.11 Å². The molecule has 1 aliphatic carbocycles. The first-order chi connectivity index (χ1) is 17.8. The summed E-state index contributed by atoms with van der Waals surface area (Å²) in [6.45, 7) is 25.3. The number of rotatable bonds is 10. The van der Waals surface area contributed by atoms with Gasteiger partial charge in [-0.1, -0.05) is 123 Å². The molecule has 0 amide bonds. The van der Waals surface area contributed by atoms with Crippen molar-refractivity contribution in [2.45, 2.75) is 107 Å². The molecular formula is C37H54O. The summed E-state index contributed by atoms with van der Waals surface area (Å²) in [5.41, 5.74) is 10.4. The van der Waals surface area contributed by atoms with Gasteiger partial charge in [0.1, 0.15) is 5.75 Å². The molecule has 208 valence electrons. The van der Waals surface area contributed by atoms with Gasteiger partial charge in [0.15, 0.2) is 0 Å². The molecule has 1 aliphatic rings. The van der Waals surface area contributed by atoms with E-state index < -0.39 is 0 Å². The van der Waals surface area contributed by atoms with Crippen LogP contribution in [0.5, 0.6) is 5.75 Å². The maximum atomic E-state index is 12.1. The molecule has 2 aromatic carbocycles. The van der Waals surface area contributed by atoms with Crippen molar-refractivity contribution in [3.05, 3.63) is 75.9 Å². The fourth-order valence-corrected chi connectivity index (χ4v) is 6.50.